The van der Waals surface area contributed by atoms with E-state index in [0.717, 1.165) is 0 Å². The van der Waals surface area contributed by atoms with Crippen LogP contribution in [0.3, 0.4) is 0 Å². The lowest BCUT2D eigenvalue weighted by Crippen LogP contribution is -2.54. The van der Waals surface area contributed by atoms with Gasteiger partial charge in [-0.3, -0.25) is 9.59 Å². The Kier molecular flexibility index (Phi) is 9.74. The molecule has 0 fully saturated rings. The minimum atomic E-state index is -0.788. The second-order valence-electron chi connectivity index (χ2n) is 3.73. The van der Waals surface area contributed by atoms with E-state index in [-0.39, 0.29) is 23.5 Å². The van der Waals surface area contributed by atoms with Gasteiger partial charge in [-0.05, 0) is 0 Å². The Bertz CT molecular complexity index is 281. The summed E-state index contributed by atoms with van der Waals surface area (Å²) in [4.78, 5) is 22.8. The monoisotopic (exact) mass is 312 g/mol. The number of nitrogens with two attached hydrogens (primary N) is 2. The lowest BCUT2D eigenvalue weighted by atomic mass is 10.2. The van der Waals surface area contributed by atoms with Crippen molar-refractivity contribution in [2.24, 2.45) is 11.5 Å². The summed E-state index contributed by atoms with van der Waals surface area (Å²) in [6.07, 6.45) is 0. The summed E-state index contributed by atoms with van der Waals surface area (Å²) in [7, 11) is 0. The zero-order valence-corrected chi connectivity index (χ0v) is 12.6. The fourth-order valence-electron chi connectivity index (χ4n) is 1.08. The summed E-state index contributed by atoms with van der Waals surface area (Å²) in [5.74, 6) is -0.0359. The number of primary amides is 1. The standard InChI is InChI=1S/C9H20N4O2S3/c10-5(2-16)1-12-7(4-18)9(15)13-6(3-17)8(11)14/h5-7,12,16-18H,1-4,10H2,(H2,11,14)(H,13,15). The number of rotatable bonds is 9. The molecule has 0 radical (unpaired) electrons. The van der Waals surface area contributed by atoms with Gasteiger partial charge in [0.25, 0.3) is 0 Å². The van der Waals surface area contributed by atoms with Gasteiger partial charge in [0, 0.05) is 29.8 Å². The minimum Gasteiger partial charge on any atom is -0.368 e. The maximum atomic E-state index is 11.8. The van der Waals surface area contributed by atoms with Gasteiger partial charge in [0.1, 0.15) is 6.04 Å². The highest BCUT2D eigenvalue weighted by molar-refractivity contribution is 7.80. The maximum absolute atomic E-state index is 11.8. The third-order valence-electron chi connectivity index (χ3n) is 2.20. The Morgan fingerprint density at radius 2 is 1.61 bits per heavy atom. The molecule has 0 rings (SSSR count). The van der Waals surface area contributed by atoms with E-state index in [1.54, 1.807) is 0 Å². The number of nitrogens with one attached hydrogen (secondary N) is 2. The van der Waals surface area contributed by atoms with E-state index in [2.05, 4.69) is 48.5 Å². The molecule has 0 spiro atoms. The summed E-state index contributed by atoms with van der Waals surface area (Å²) < 4.78 is 0. The molecule has 0 bridgehead atoms. The number of amides is 2. The second kappa shape index (κ2) is 9.79. The Balaban J connectivity index is 4.29. The van der Waals surface area contributed by atoms with E-state index in [9.17, 15) is 9.59 Å². The van der Waals surface area contributed by atoms with Crippen LogP contribution in [0.25, 0.3) is 0 Å². The molecule has 6 nitrogen and oxygen atoms in total. The first-order valence-electron chi connectivity index (χ1n) is 5.37. The molecule has 6 N–H and O–H groups in total. The van der Waals surface area contributed by atoms with Crippen LogP contribution in [0.2, 0.25) is 0 Å². The van der Waals surface area contributed by atoms with E-state index in [1.165, 1.54) is 0 Å². The van der Waals surface area contributed by atoms with Crippen LogP contribution in [-0.2, 0) is 9.59 Å². The summed E-state index contributed by atoms with van der Waals surface area (Å²) in [6.45, 7) is 0.435. The van der Waals surface area contributed by atoms with Gasteiger partial charge in [-0.15, -0.1) is 0 Å². The van der Waals surface area contributed by atoms with E-state index in [0.29, 0.717) is 12.3 Å². The first-order chi connectivity index (χ1) is 8.46. The molecule has 0 aliphatic carbocycles. The normalized spacial score (nSPS) is 15.8. The quantitative estimate of drug-likeness (QED) is 0.251. The Morgan fingerprint density at radius 1 is 1.06 bits per heavy atom. The molecular formula is C9H20N4O2S3. The highest BCUT2D eigenvalue weighted by atomic mass is 32.1. The van der Waals surface area contributed by atoms with Crippen LogP contribution in [0, 0.1) is 0 Å². The van der Waals surface area contributed by atoms with Gasteiger partial charge in [-0.25, -0.2) is 0 Å². The lowest BCUT2D eigenvalue weighted by molar-refractivity contribution is -0.127. The molecular weight excluding hydrogens is 292 g/mol. The van der Waals surface area contributed by atoms with Crippen molar-refractivity contribution in [3.8, 4) is 0 Å². The minimum absolute atomic E-state index is 0.149. The molecule has 0 aromatic heterocycles. The number of hydrogen-bond donors (Lipinski definition) is 7. The molecule has 9 heteroatoms. The Morgan fingerprint density at radius 3 is 2.00 bits per heavy atom. The van der Waals surface area contributed by atoms with Crippen LogP contribution in [-0.4, -0.2) is 53.7 Å². The molecule has 0 aromatic carbocycles. The van der Waals surface area contributed by atoms with Crippen LogP contribution in [0.15, 0.2) is 0 Å². The average Bonchev–Trinajstić information content (AvgIpc) is 2.35. The summed E-state index contributed by atoms with van der Waals surface area (Å²) in [6, 6.07) is -1.48. The number of thiol groups is 3. The molecule has 18 heavy (non-hydrogen) atoms. The SMILES string of the molecule is NC(=O)C(CS)NC(=O)C(CS)NCC(N)CS. The molecule has 0 heterocycles. The largest absolute Gasteiger partial charge is 0.368 e. The van der Waals surface area contributed by atoms with Crippen molar-refractivity contribution in [2.45, 2.75) is 18.1 Å². The van der Waals surface area contributed by atoms with Crippen molar-refractivity contribution in [2.75, 3.05) is 23.8 Å². The Hall–Kier alpha value is -0.0900. The zero-order chi connectivity index (χ0) is 14.1. The molecule has 2 amide bonds. The maximum Gasteiger partial charge on any atom is 0.240 e. The van der Waals surface area contributed by atoms with Crippen molar-refractivity contribution in [1.29, 1.82) is 0 Å². The van der Waals surface area contributed by atoms with Gasteiger partial charge in [0.2, 0.25) is 11.8 Å². The number of carbonyl (C=O) groups is 2. The van der Waals surface area contributed by atoms with Gasteiger partial charge < -0.3 is 22.1 Å². The number of carbonyl (C=O) groups excluding carboxylic acids is 2. The van der Waals surface area contributed by atoms with E-state index >= 15 is 0 Å². The summed E-state index contributed by atoms with van der Waals surface area (Å²) in [5, 5.41) is 5.45. The van der Waals surface area contributed by atoms with E-state index < -0.39 is 18.0 Å². The fourth-order valence-corrected chi connectivity index (χ4v) is 1.77. The van der Waals surface area contributed by atoms with Gasteiger partial charge in [-0.1, -0.05) is 0 Å². The van der Waals surface area contributed by atoms with Crippen LogP contribution in [0.5, 0.6) is 0 Å². The molecule has 3 atom stereocenters. The van der Waals surface area contributed by atoms with Crippen LogP contribution in [0.4, 0.5) is 0 Å². The fraction of sp³-hybridized carbons (Fsp3) is 0.778. The van der Waals surface area contributed by atoms with Gasteiger partial charge >= 0.3 is 0 Å². The van der Waals surface area contributed by atoms with Crippen LogP contribution < -0.4 is 22.1 Å². The first kappa shape index (κ1) is 17.9. The second-order valence-corrected chi connectivity index (χ2v) is 4.83. The predicted molar refractivity (Wildman–Crippen MR) is 82.5 cm³/mol. The van der Waals surface area contributed by atoms with Crippen molar-refractivity contribution in [1.82, 2.24) is 10.6 Å². The van der Waals surface area contributed by atoms with E-state index in [4.69, 9.17) is 11.5 Å². The molecule has 0 saturated heterocycles. The summed E-state index contributed by atoms with van der Waals surface area (Å²) in [5.41, 5.74) is 10.8. The van der Waals surface area contributed by atoms with E-state index in [1.807, 2.05) is 0 Å². The van der Waals surface area contributed by atoms with Gasteiger partial charge in [0.05, 0.1) is 6.04 Å². The molecule has 0 aliphatic rings. The highest BCUT2D eigenvalue weighted by Gasteiger charge is 2.22. The Labute approximate surface area is 123 Å². The van der Waals surface area contributed by atoms with Crippen molar-refractivity contribution >= 4 is 49.7 Å². The van der Waals surface area contributed by atoms with Gasteiger partial charge in [0.15, 0.2) is 0 Å². The summed E-state index contributed by atoms with van der Waals surface area (Å²) >= 11 is 12.1. The van der Waals surface area contributed by atoms with Crippen molar-refractivity contribution in [3.05, 3.63) is 0 Å². The van der Waals surface area contributed by atoms with Crippen molar-refractivity contribution in [3.63, 3.8) is 0 Å². The predicted octanol–water partition coefficient (Wildman–Crippen LogP) is -1.97. The first-order valence-corrected chi connectivity index (χ1v) is 7.27. The van der Waals surface area contributed by atoms with Gasteiger partial charge in [-0.2, -0.15) is 37.9 Å². The lowest BCUT2D eigenvalue weighted by Gasteiger charge is -2.21. The third kappa shape index (κ3) is 6.74. The average molecular weight is 312 g/mol. The third-order valence-corrected chi connectivity index (χ3v) is 3.40. The smallest absolute Gasteiger partial charge is 0.240 e. The van der Waals surface area contributed by atoms with Crippen LogP contribution >= 0.6 is 37.9 Å². The topological polar surface area (TPSA) is 110 Å². The van der Waals surface area contributed by atoms with Crippen molar-refractivity contribution < 1.29 is 9.59 Å². The molecule has 0 aliphatic heterocycles. The molecule has 3 unspecified atom stereocenters. The zero-order valence-electron chi connectivity index (χ0n) is 9.87. The highest BCUT2D eigenvalue weighted by Crippen LogP contribution is 1.94. The van der Waals surface area contributed by atoms with Crippen LogP contribution in [0.1, 0.15) is 0 Å². The molecule has 0 aromatic rings. The number of hydrogen-bond acceptors (Lipinski definition) is 7. The molecule has 106 valence electrons. The molecule has 0 saturated carbocycles.